The van der Waals surface area contributed by atoms with E-state index in [0.29, 0.717) is 17.1 Å². The average molecular weight is 283 g/mol. The number of carbonyl (C=O) groups is 3. The van der Waals surface area contributed by atoms with Gasteiger partial charge in [-0.1, -0.05) is 6.07 Å². The molecule has 2 N–H and O–H groups in total. The van der Waals surface area contributed by atoms with Crippen LogP contribution in [0.5, 0.6) is 0 Å². The third-order valence-electron chi connectivity index (χ3n) is 2.66. The van der Waals surface area contributed by atoms with E-state index in [0.717, 1.165) is 0 Å². The minimum Gasteiger partial charge on any atom is -0.318 e. The number of rotatable bonds is 3. The quantitative estimate of drug-likeness (QED) is 0.664. The van der Waals surface area contributed by atoms with Gasteiger partial charge in [-0.05, 0) is 43.3 Å². The molecule has 2 rings (SSSR count). The Balaban J connectivity index is 1.97. The van der Waals surface area contributed by atoms with Crippen LogP contribution >= 0.6 is 0 Å². The highest BCUT2D eigenvalue weighted by Gasteiger charge is 2.14. The van der Waals surface area contributed by atoms with Crippen molar-refractivity contribution < 1.29 is 14.4 Å². The lowest BCUT2D eigenvalue weighted by Crippen LogP contribution is -2.29. The number of ketones is 1. The van der Waals surface area contributed by atoms with Gasteiger partial charge in [-0.3, -0.25) is 14.4 Å². The van der Waals surface area contributed by atoms with E-state index < -0.39 is 11.8 Å². The predicted molar refractivity (Wildman–Crippen MR) is 77.9 cm³/mol. The first-order valence-corrected chi connectivity index (χ1v) is 6.20. The van der Waals surface area contributed by atoms with Crippen molar-refractivity contribution in [3.05, 3.63) is 54.2 Å². The molecule has 6 nitrogen and oxygen atoms in total. The molecule has 0 atom stereocenters. The highest BCUT2D eigenvalue weighted by molar-refractivity contribution is 6.43. The van der Waals surface area contributed by atoms with Gasteiger partial charge >= 0.3 is 11.8 Å². The summed E-state index contributed by atoms with van der Waals surface area (Å²) in [6.45, 7) is 1.45. The van der Waals surface area contributed by atoms with Crippen LogP contribution in [0, 0.1) is 0 Å². The molecule has 21 heavy (non-hydrogen) atoms. The Morgan fingerprint density at radius 3 is 2.14 bits per heavy atom. The molecule has 0 fully saturated rings. The summed E-state index contributed by atoms with van der Waals surface area (Å²) in [5, 5.41) is 4.81. The van der Waals surface area contributed by atoms with Gasteiger partial charge in [-0.25, -0.2) is 4.98 Å². The number of hydrogen-bond donors (Lipinski definition) is 2. The van der Waals surface area contributed by atoms with Gasteiger partial charge < -0.3 is 10.6 Å². The zero-order valence-corrected chi connectivity index (χ0v) is 11.3. The van der Waals surface area contributed by atoms with Crippen LogP contribution in [-0.2, 0) is 9.59 Å². The minimum absolute atomic E-state index is 0.0687. The molecule has 1 heterocycles. The molecule has 0 spiro atoms. The van der Waals surface area contributed by atoms with Gasteiger partial charge in [0.1, 0.15) is 5.82 Å². The SMILES string of the molecule is CC(=O)c1ccc(NC(=O)C(=O)Nc2ccccn2)cc1. The maximum absolute atomic E-state index is 11.7. The van der Waals surface area contributed by atoms with E-state index >= 15 is 0 Å². The smallest absolute Gasteiger partial charge is 0.315 e. The molecule has 0 aliphatic carbocycles. The second kappa shape index (κ2) is 6.42. The lowest BCUT2D eigenvalue weighted by Gasteiger charge is -2.06. The van der Waals surface area contributed by atoms with Crippen molar-refractivity contribution in [2.24, 2.45) is 0 Å². The van der Waals surface area contributed by atoms with Crippen LogP contribution in [0.2, 0.25) is 0 Å². The lowest BCUT2D eigenvalue weighted by molar-refractivity contribution is -0.133. The van der Waals surface area contributed by atoms with Gasteiger partial charge in [0.2, 0.25) is 0 Å². The number of hydrogen-bond acceptors (Lipinski definition) is 4. The van der Waals surface area contributed by atoms with Crippen molar-refractivity contribution in [3.8, 4) is 0 Å². The van der Waals surface area contributed by atoms with E-state index in [4.69, 9.17) is 0 Å². The van der Waals surface area contributed by atoms with Crippen LogP contribution in [0.3, 0.4) is 0 Å². The monoisotopic (exact) mass is 283 g/mol. The van der Waals surface area contributed by atoms with Gasteiger partial charge in [0, 0.05) is 17.4 Å². The fourth-order valence-electron chi connectivity index (χ4n) is 1.59. The van der Waals surface area contributed by atoms with Crippen LogP contribution in [0.4, 0.5) is 11.5 Å². The van der Waals surface area contributed by atoms with Crippen LogP contribution in [0.1, 0.15) is 17.3 Å². The largest absolute Gasteiger partial charge is 0.318 e. The molecular weight excluding hydrogens is 270 g/mol. The van der Waals surface area contributed by atoms with E-state index in [2.05, 4.69) is 15.6 Å². The molecule has 1 aromatic carbocycles. The molecule has 106 valence electrons. The molecule has 0 aliphatic rings. The standard InChI is InChI=1S/C15H13N3O3/c1-10(19)11-5-7-12(8-6-11)17-14(20)15(21)18-13-4-2-3-9-16-13/h2-9H,1H3,(H,17,20)(H,16,18,21). The Labute approximate surface area is 121 Å². The summed E-state index contributed by atoms with van der Waals surface area (Å²) in [6.07, 6.45) is 1.51. The van der Waals surface area contributed by atoms with Crippen molar-refractivity contribution in [1.82, 2.24) is 4.98 Å². The average Bonchev–Trinajstić information content (AvgIpc) is 2.48. The van der Waals surface area contributed by atoms with E-state index in [-0.39, 0.29) is 5.78 Å². The summed E-state index contributed by atoms with van der Waals surface area (Å²) in [6, 6.07) is 11.2. The molecule has 6 heteroatoms. The van der Waals surface area contributed by atoms with Crippen LogP contribution in [0.25, 0.3) is 0 Å². The van der Waals surface area contributed by atoms with Crippen molar-refractivity contribution >= 4 is 29.1 Å². The van der Waals surface area contributed by atoms with Gasteiger partial charge in [0.25, 0.3) is 0 Å². The first-order chi connectivity index (χ1) is 10.1. The Bertz CT molecular complexity index is 666. The number of nitrogens with one attached hydrogen (secondary N) is 2. The summed E-state index contributed by atoms with van der Waals surface area (Å²) in [5.41, 5.74) is 0.965. The van der Waals surface area contributed by atoms with Crippen molar-refractivity contribution in [1.29, 1.82) is 0 Å². The first kappa shape index (κ1) is 14.4. The molecular formula is C15H13N3O3. The number of amides is 2. The number of anilines is 2. The molecule has 0 saturated carbocycles. The number of Topliss-reactive ketones (excluding diaryl/α,β-unsaturated/α-hetero) is 1. The van der Waals surface area contributed by atoms with Crippen LogP contribution in [-0.4, -0.2) is 22.6 Å². The van der Waals surface area contributed by atoms with Gasteiger partial charge in [0.05, 0.1) is 0 Å². The van der Waals surface area contributed by atoms with Crippen molar-refractivity contribution in [2.75, 3.05) is 10.6 Å². The van der Waals surface area contributed by atoms with Crippen LogP contribution in [0.15, 0.2) is 48.7 Å². The summed E-state index contributed by atoms with van der Waals surface area (Å²) in [7, 11) is 0. The number of carbonyl (C=O) groups excluding carboxylic acids is 3. The van der Waals surface area contributed by atoms with Crippen molar-refractivity contribution in [2.45, 2.75) is 6.92 Å². The summed E-state index contributed by atoms with van der Waals surface area (Å²) < 4.78 is 0. The minimum atomic E-state index is -0.815. The number of benzene rings is 1. The molecule has 0 radical (unpaired) electrons. The molecule has 2 amide bonds. The summed E-state index contributed by atoms with van der Waals surface area (Å²) in [5.74, 6) is -1.40. The lowest BCUT2D eigenvalue weighted by atomic mass is 10.1. The molecule has 2 aromatic rings. The molecule has 0 aliphatic heterocycles. The Morgan fingerprint density at radius 1 is 0.905 bits per heavy atom. The predicted octanol–water partition coefficient (Wildman–Crippen LogP) is 1.86. The summed E-state index contributed by atoms with van der Waals surface area (Å²) >= 11 is 0. The molecule has 0 saturated heterocycles. The Kier molecular flexibility index (Phi) is 4.40. The fraction of sp³-hybridized carbons (Fsp3) is 0.0667. The van der Waals surface area contributed by atoms with E-state index in [1.807, 2.05) is 0 Å². The zero-order valence-electron chi connectivity index (χ0n) is 11.3. The maximum atomic E-state index is 11.7. The second-order valence-electron chi connectivity index (χ2n) is 4.26. The summed E-state index contributed by atoms with van der Waals surface area (Å²) in [4.78, 5) is 38.4. The maximum Gasteiger partial charge on any atom is 0.315 e. The number of nitrogens with zero attached hydrogens (tertiary/aromatic N) is 1. The first-order valence-electron chi connectivity index (χ1n) is 6.20. The second-order valence-corrected chi connectivity index (χ2v) is 4.26. The third-order valence-corrected chi connectivity index (χ3v) is 2.66. The normalized spacial score (nSPS) is 9.76. The topological polar surface area (TPSA) is 88.2 Å². The third kappa shape index (κ3) is 3.97. The number of aromatic nitrogens is 1. The molecule has 1 aromatic heterocycles. The van der Waals surface area contributed by atoms with Crippen molar-refractivity contribution in [3.63, 3.8) is 0 Å². The van der Waals surface area contributed by atoms with E-state index in [9.17, 15) is 14.4 Å². The van der Waals surface area contributed by atoms with E-state index in [1.54, 1.807) is 42.5 Å². The van der Waals surface area contributed by atoms with Crippen LogP contribution < -0.4 is 10.6 Å². The fourth-order valence-corrected chi connectivity index (χ4v) is 1.59. The Morgan fingerprint density at radius 2 is 1.57 bits per heavy atom. The van der Waals surface area contributed by atoms with Gasteiger partial charge in [-0.2, -0.15) is 0 Å². The van der Waals surface area contributed by atoms with Gasteiger partial charge in [-0.15, -0.1) is 0 Å². The Hall–Kier alpha value is -3.02. The molecule has 0 unspecified atom stereocenters. The highest BCUT2D eigenvalue weighted by Crippen LogP contribution is 2.10. The highest BCUT2D eigenvalue weighted by atomic mass is 16.2. The molecule has 0 bridgehead atoms. The number of pyridine rings is 1. The van der Waals surface area contributed by atoms with E-state index in [1.165, 1.54) is 13.1 Å². The van der Waals surface area contributed by atoms with Gasteiger partial charge in [0.15, 0.2) is 5.78 Å². The zero-order chi connectivity index (χ0) is 15.2.